The normalized spacial score (nSPS) is 9.90. The highest BCUT2D eigenvalue weighted by Gasteiger charge is 1.93. The molecule has 0 aromatic heterocycles. The topological polar surface area (TPSA) is 26.0 Å². The van der Waals surface area contributed by atoms with Crippen LogP contribution in [-0.2, 0) is 6.54 Å². The van der Waals surface area contributed by atoms with E-state index in [0.717, 1.165) is 14.5 Å². The second-order valence-corrected chi connectivity index (χ2v) is 3.81. The minimum absolute atomic E-state index is 0.581. The van der Waals surface area contributed by atoms with E-state index < -0.39 is 0 Å². The van der Waals surface area contributed by atoms with Crippen molar-refractivity contribution in [2.45, 2.75) is 6.54 Å². The van der Waals surface area contributed by atoms with Gasteiger partial charge in [-0.1, -0.05) is 31.9 Å². The largest absolute Gasteiger partial charge is 0.326 e. The summed E-state index contributed by atoms with van der Waals surface area (Å²) in [6.07, 6.45) is 0. The lowest BCUT2D eigenvalue weighted by molar-refractivity contribution is 1.07. The van der Waals surface area contributed by atoms with Crippen molar-refractivity contribution in [3.05, 3.63) is 32.7 Å². The second-order valence-electron chi connectivity index (χ2n) is 1.98. The van der Waals surface area contributed by atoms with Crippen molar-refractivity contribution in [2.24, 2.45) is 5.73 Å². The third-order valence-electron chi connectivity index (χ3n) is 1.16. The van der Waals surface area contributed by atoms with Gasteiger partial charge in [-0.25, -0.2) is 0 Å². The Morgan fingerprint density at radius 2 is 1.60 bits per heavy atom. The Morgan fingerprint density at radius 1 is 1.10 bits per heavy atom. The van der Waals surface area contributed by atoms with Gasteiger partial charge >= 0.3 is 0 Å². The molecule has 0 aliphatic carbocycles. The van der Waals surface area contributed by atoms with Crippen molar-refractivity contribution in [2.75, 3.05) is 0 Å². The molecule has 0 fully saturated rings. The Labute approximate surface area is 76.9 Å². The van der Waals surface area contributed by atoms with E-state index in [1.165, 1.54) is 0 Å². The Kier molecular flexibility index (Phi) is 2.89. The van der Waals surface area contributed by atoms with Crippen molar-refractivity contribution in [3.63, 3.8) is 0 Å². The van der Waals surface area contributed by atoms with Crippen LogP contribution in [0, 0.1) is 0 Å². The molecule has 0 saturated heterocycles. The number of benzene rings is 1. The van der Waals surface area contributed by atoms with Gasteiger partial charge in [0, 0.05) is 15.5 Å². The quantitative estimate of drug-likeness (QED) is 0.829. The zero-order chi connectivity index (χ0) is 7.56. The first-order chi connectivity index (χ1) is 4.72. The maximum absolute atomic E-state index is 5.45. The van der Waals surface area contributed by atoms with Crippen LogP contribution in [0.3, 0.4) is 0 Å². The molecule has 10 heavy (non-hydrogen) atoms. The lowest BCUT2D eigenvalue weighted by Gasteiger charge is -1.98. The van der Waals surface area contributed by atoms with Crippen molar-refractivity contribution >= 4 is 31.9 Å². The van der Waals surface area contributed by atoms with Gasteiger partial charge in [0.2, 0.25) is 0 Å². The minimum atomic E-state index is 0.581. The van der Waals surface area contributed by atoms with E-state index >= 15 is 0 Å². The van der Waals surface area contributed by atoms with Crippen LogP contribution in [0.4, 0.5) is 0 Å². The first kappa shape index (κ1) is 8.24. The molecule has 0 aliphatic heterocycles. The molecule has 54 valence electrons. The van der Waals surface area contributed by atoms with E-state index in [-0.39, 0.29) is 0 Å². The van der Waals surface area contributed by atoms with Crippen molar-refractivity contribution < 1.29 is 0 Å². The molecular weight excluding hydrogens is 258 g/mol. The summed E-state index contributed by atoms with van der Waals surface area (Å²) in [4.78, 5) is 0. The molecule has 0 atom stereocenters. The fourth-order valence-corrected chi connectivity index (χ4v) is 2.12. The van der Waals surface area contributed by atoms with E-state index in [1.54, 1.807) is 0 Å². The van der Waals surface area contributed by atoms with Crippen molar-refractivity contribution in [1.29, 1.82) is 0 Å². The lowest BCUT2D eigenvalue weighted by atomic mass is 10.2. The molecular formula is C7H7Br2N. The predicted molar refractivity (Wildman–Crippen MR) is 49.7 cm³/mol. The molecule has 0 radical (unpaired) electrons. The molecule has 0 heterocycles. The predicted octanol–water partition coefficient (Wildman–Crippen LogP) is 2.67. The second kappa shape index (κ2) is 3.51. The summed E-state index contributed by atoms with van der Waals surface area (Å²) >= 11 is 6.74. The Bertz CT molecular complexity index is 215. The van der Waals surface area contributed by atoms with Crippen LogP contribution in [0.2, 0.25) is 0 Å². The molecule has 1 rings (SSSR count). The van der Waals surface area contributed by atoms with E-state index in [1.807, 2.05) is 18.2 Å². The van der Waals surface area contributed by atoms with Gasteiger partial charge in [0.1, 0.15) is 0 Å². The van der Waals surface area contributed by atoms with Gasteiger partial charge < -0.3 is 5.73 Å². The number of nitrogens with two attached hydrogens (primary N) is 1. The minimum Gasteiger partial charge on any atom is -0.326 e. The van der Waals surface area contributed by atoms with Crippen LogP contribution in [0.1, 0.15) is 5.56 Å². The van der Waals surface area contributed by atoms with Crippen LogP contribution >= 0.6 is 31.9 Å². The summed E-state index contributed by atoms with van der Waals surface area (Å²) in [6, 6.07) is 5.99. The highest BCUT2D eigenvalue weighted by atomic mass is 79.9. The number of halogens is 2. The average molecular weight is 265 g/mol. The standard InChI is InChI=1S/C7H7Br2N/c8-6-1-5(4-10)2-7(9)3-6/h1-3H,4,10H2. The van der Waals surface area contributed by atoms with Crippen LogP contribution in [-0.4, -0.2) is 0 Å². The molecule has 1 aromatic rings. The number of rotatable bonds is 1. The maximum Gasteiger partial charge on any atom is 0.0189 e. The molecule has 2 N–H and O–H groups in total. The molecule has 1 aromatic carbocycles. The van der Waals surface area contributed by atoms with Gasteiger partial charge in [-0.15, -0.1) is 0 Å². The molecule has 0 bridgehead atoms. The Balaban J connectivity index is 3.06. The summed E-state index contributed by atoms with van der Waals surface area (Å²) in [6.45, 7) is 0.581. The number of hydrogen-bond acceptors (Lipinski definition) is 1. The average Bonchev–Trinajstić information content (AvgIpc) is 1.85. The van der Waals surface area contributed by atoms with E-state index in [2.05, 4.69) is 31.9 Å². The highest BCUT2D eigenvalue weighted by molar-refractivity contribution is 9.11. The van der Waals surface area contributed by atoms with Crippen LogP contribution in [0.15, 0.2) is 27.1 Å². The fraction of sp³-hybridized carbons (Fsp3) is 0.143. The maximum atomic E-state index is 5.45. The lowest BCUT2D eigenvalue weighted by Crippen LogP contribution is -1.95. The first-order valence-electron chi connectivity index (χ1n) is 2.87. The molecule has 0 spiro atoms. The molecule has 0 aliphatic rings. The van der Waals surface area contributed by atoms with Gasteiger partial charge in [-0.05, 0) is 23.8 Å². The van der Waals surface area contributed by atoms with Crippen LogP contribution < -0.4 is 5.73 Å². The zero-order valence-electron chi connectivity index (χ0n) is 5.27. The SMILES string of the molecule is NCc1cc(Br)cc(Br)c1. The Hall–Kier alpha value is 0.140. The summed E-state index contributed by atoms with van der Waals surface area (Å²) in [5.74, 6) is 0. The monoisotopic (exact) mass is 263 g/mol. The molecule has 0 unspecified atom stereocenters. The summed E-state index contributed by atoms with van der Waals surface area (Å²) in [5, 5.41) is 0. The summed E-state index contributed by atoms with van der Waals surface area (Å²) in [7, 11) is 0. The van der Waals surface area contributed by atoms with E-state index in [4.69, 9.17) is 5.73 Å². The van der Waals surface area contributed by atoms with Crippen molar-refractivity contribution in [3.8, 4) is 0 Å². The molecule has 3 heteroatoms. The third-order valence-corrected chi connectivity index (χ3v) is 2.07. The number of hydrogen-bond donors (Lipinski definition) is 1. The highest BCUT2D eigenvalue weighted by Crippen LogP contribution is 2.19. The fourth-order valence-electron chi connectivity index (χ4n) is 0.729. The molecule has 1 nitrogen and oxygen atoms in total. The van der Waals surface area contributed by atoms with Gasteiger partial charge in [-0.3, -0.25) is 0 Å². The third kappa shape index (κ3) is 2.08. The summed E-state index contributed by atoms with van der Waals surface area (Å²) < 4.78 is 2.12. The van der Waals surface area contributed by atoms with Gasteiger partial charge in [0.15, 0.2) is 0 Å². The van der Waals surface area contributed by atoms with Gasteiger partial charge in [-0.2, -0.15) is 0 Å². The summed E-state index contributed by atoms with van der Waals surface area (Å²) in [5.41, 5.74) is 6.57. The first-order valence-corrected chi connectivity index (χ1v) is 4.46. The van der Waals surface area contributed by atoms with E-state index in [9.17, 15) is 0 Å². The molecule has 0 amide bonds. The molecule has 0 saturated carbocycles. The zero-order valence-corrected chi connectivity index (χ0v) is 8.44. The van der Waals surface area contributed by atoms with Crippen LogP contribution in [0.25, 0.3) is 0 Å². The Morgan fingerprint density at radius 3 is 2.00 bits per heavy atom. The van der Waals surface area contributed by atoms with Gasteiger partial charge in [0.25, 0.3) is 0 Å². The van der Waals surface area contributed by atoms with Crippen molar-refractivity contribution in [1.82, 2.24) is 0 Å². The van der Waals surface area contributed by atoms with E-state index in [0.29, 0.717) is 6.54 Å². The smallest absolute Gasteiger partial charge is 0.0189 e. The van der Waals surface area contributed by atoms with Gasteiger partial charge in [0.05, 0.1) is 0 Å². The van der Waals surface area contributed by atoms with Crippen LogP contribution in [0.5, 0.6) is 0 Å².